The first-order valence-corrected chi connectivity index (χ1v) is 7.25. The van der Waals surface area contributed by atoms with Crippen molar-refractivity contribution < 1.29 is 9.13 Å². The molecule has 2 aromatic rings. The van der Waals surface area contributed by atoms with Crippen molar-refractivity contribution in [2.75, 3.05) is 31.1 Å². The molecule has 0 unspecified atom stereocenters. The molecule has 0 amide bonds. The molecule has 0 fully saturated rings. The van der Waals surface area contributed by atoms with Crippen molar-refractivity contribution >= 4 is 5.69 Å². The summed E-state index contributed by atoms with van der Waals surface area (Å²) < 4.78 is 18.5. The minimum absolute atomic E-state index is 0.241. The van der Waals surface area contributed by atoms with Gasteiger partial charge in [-0.15, -0.1) is 0 Å². The molecule has 110 valence electrons. The van der Waals surface area contributed by atoms with E-state index in [2.05, 4.69) is 34.5 Å². The molecule has 1 heterocycles. The number of hydrogen-bond donors (Lipinski definition) is 1. The molecule has 3 rings (SSSR count). The number of nitrogens with zero attached hydrogens (tertiary/aromatic N) is 1. The quantitative estimate of drug-likeness (QED) is 0.935. The van der Waals surface area contributed by atoms with E-state index in [1.54, 1.807) is 12.1 Å². The van der Waals surface area contributed by atoms with E-state index >= 15 is 0 Å². The summed E-state index contributed by atoms with van der Waals surface area (Å²) in [5, 5.41) is 3.42. The maximum absolute atomic E-state index is 12.8. The Labute approximate surface area is 124 Å². The van der Waals surface area contributed by atoms with Crippen LogP contribution in [0.5, 0.6) is 5.75 Å². The summed E-state index contributed by atoms with van der Waals surface area (Å²) in [6, 6.07) is 14.6. The molecule has 0 bridgehead atoms. The maximum Gasteiger partial charge on any atom is 0.123 e. The number of ether oxygens (including phenoxy) is 1. The molecule has 0 saturated carbocycles. The second kappa shape index (κ2) is 6.59. The van der Waals surface area contributed by atoms with Crippen LogP contribution < -0.4 is 15.0 Å². The van der Waals surface area contributed by atoms with Gasteiger partial charge in [-0.1, -0.05) is 18.2 Å². The molecule has 2 aromatic carbocycles. The van der Waals surface area contributed by atoms with E-state index in [1.807, 2.05) is 0 Å². The van der Waals surface area contributed by atoms with Gasteiger partial charge in [-0.3, -0.25) is 0 Å². The summed E-state index contributed by atoms with van der Waals surface area (Å²) in [6.07, 6.45) is 0. The average Bonchev–Trinajstić information content (AvgIpc) is 2.72. The molecular formula is C17H19FN2O. The molecule has 0 radical (unpaired) electrons. The molecule has 4 heteroatoms. The molecule has 0 saturated heterocycles. The Morgan fingerprint density at radius 3 is 2.76 bits per heavy atom. The van der Waals surface area contributed by atoms with Gasteiger partial charge < -0.3 is 15.0 Å². The smallest absolute Gasteiger partial charge is 0.123 e. The number of hydrogen-bond acceptors (Lipinski definition) is 3. The van der Waals surface area contributed by atoms with Crippen LogP contribution in [0.3, 0.4) is 0 Å². The summed E-state index contributed by atoms with van der Waals surface area (Å²) in [5.74, 6) is 0.465. The zero-order chi connectivity index (χ0) is 14.5. The van der Waals surface area contributed by atoms with Crippen molar-refractivity contribution in [3.63, 3.8) is 0 Å². The summed E-state index contributed by atoms with van der Waals surface area (Å²) in [5.41, 5.74) is 2.59. The van der Waals surface area contributed by atoms with Gasteiger partial charge in [-0.25, -0.2) is 4.39 Å². The predicted molar refractivity (Wildman–Crippen MR) is 82.3 cm³/mol. The number of fused-ring (bicyclic) bond motifs is 1. The van der Waals surface area contributed by atoms with Crippen molar-refractivity contribution in [3.8, 4) is 5.75 Å². The zero-order valence-corrected chi connectivity index (χ0v) is 11.9. The fraction of sp³-hybridized carbons (Fsp3) is 0.294. The molecule has 1 aliphatic rings. The van der Waals surface area contributed by atoms with Crippen LogP contribution in [-0.4, -0.2) is 26.2 Å². The fourth-order valence-electron chi connectivity index (χ4n) is 2.56. The standard InChI is InChI=1S/C17H19FN2O/c18-15-5-7-16(8-6-15)21-12-11-20-10-9-19-13-14-3-1-2-4-17(14)20/h1-8,19H,9-13H2. The van der Waals surface area contributed by atoms with Crippen molar-refractivity contribution in [1.82, 2.24) is 5.32 Å². The maximum atomic E-state index is 12.8. The van der Waals surface area contributed by atoms with Gasteiger partial charge in [0, 0.05) is 25.3 Å². The first-order chi connectivity index (χ1) is 10.3. The Balaban J connectivity index is 1.61. The highest BCUT2D eigenvalue weighted by atomic mass is 19.1. The van der Waals surface area contributed by atoms with Gasteiger partial charge in [0.25, 0.3) is 0 Å². The van der Waals surface area contributed by atoms with Crippen LogP contribution in [0.25, 0.3) is 0 Å². The lowest BCUT2D eigenvalue weighted by molar-refractivity contribution is 0.323. The highest BCUT2D eigenvalue weighted by Gasteiger charge is 2.13. The second-order valence-electron chi connectivity index (χ2n) is 5.09. The fourth-order valence-corrected chi connectivity index (χ4v) is 2.56. The van der Waals surface area contributed by atoms with Crippen LogP contribution in [0.4, 0.5) is 10.1 Å². The lowest BCUT2D eigenvalue weighted by Crippen LogP contribution is -2.32. The topological polar surface area (TPSA) is 24.5 Å². The predicted octanol–water partition coefficient (Wildman–Crippen LogP) is 2.81. The van der Waals surface area contributed by atoms with Crippen molar-refractivity contribution in [2.45, 2.75) is 6.54 Å². The molecule has 0 aromatic heterocycles. The van der Waals surface area contributed by atoms with Crippen LogP contribution in [0, 0.1) is 5.82 Å². The molecule has 0 aliphatic carbocycles. The number of benzene rings is 2. The average molecular weight is 286 g/mol. The molecule has 1 aliphatic heterocycles. The van der Waals surface area contributed by atoms with Gasteiger partial charge in [0.15, 0.2) is 0 Å². The minimum atomic E-state index is -0.241. The van der Waals surface area contributed by atoms with Gasteiger partial charge in [0.1, 0.15) is 18.2 Å². The Hall–Kier alpha value is -2.07. The highest BCUT2D eigenvalue weighted by molar-refractivity contribution is 5.54. The number of nitrogens with one attached hydrogen (secondary N) is 1. The van der Waals surface area contributed by atoms with Gasteiger partial charge in [0.2, 0.25) is 0 Å². The number of rotatable bonds is 4. The summed E-state index contributed by atoms with van der Waals surface area (Å²) >= 11 is 0. The van der Waals surface area contributed by atoms with Crippen LogP contribution in [0.15, 0.2) is 48.5 Å². The number of para-hydroxylation sites is 1. The van der Waals surface area contributed by atoms with E-state index in [-0.39, 0.29) is 5.82 Å². The largest absolute Gasteiger partial charge is 0.492 e. The lowest BCUT2D eigenvalue weighted by atomic mass is 10.1. The Bertz CT molecular complexity index is 586. The Morgan fingerprint density at radius 2 is 1.90 bits per heavy atom. The molecule has 1 N–H and O–H groups in total. The normalized spacial score (nSPS) is 14.4. The summed E-state index contributed by atoms with van der Waals surface area (Å²) in [4.78, 5) is 2.33. The number of halogens is 1. The van der Waals surface area contributed by atoms with E-state index in [4.69, 9.17) is 4.74 Å². The van der Waals surface area contributed by atoms with E-state index in [0.717, 1.165) is 26.2 Å². The second-order valence-corrected chi connectivity index (χ2v) is 5.09. The third-order valence-electron chi connectivity index (χ3n) is 3.65. The first kappa shape index (κ1) is 13.9. The van der Waals surface area contributed by atoms with Gasteiger partial charge >= 0.3 is 0 Å². The van der Waals surface area contributed by atoms with E-state index < -0.39 is 0 Å². The van der Waals surface area contributed by atoms with Gasteiger partial charge in [0.05, 0.1) is 6.54 Å². The summed E-state index contributed by atoms with van der Waals surface area (Å²) in [7, 11) is 0. The van der Waals surface area contributed by atoms with Crippen molar-refractivity contribution in [2.24, 2.45) is 0 Å². The minimum Gasteiger partial charge on any atom is -0.492 e. The first-order valence-electron chi connectivity index (χ1n) is 7.25. The highest BCUT2D eigenvalue weighted by Crippen LogP contribution is 2.21. The van der Waals surface area contributed by atoms with E-state index in [9.17, 15) is 4.39 Å². The van der Waals surface area contributed by atoms with Crippen LogP contribution in [-0.2, 0) is 6.54 Å². The van der Waals surface area contributed by atoms with Crippen molar-refractivity contribution in [1.29, 1.82) is 0 Å². The Morgan fingerprint density at radius 1 is 1.10 bits per heavy atom. The van der Waals surface area contributed by atoms with Crippen LogP contribution in [0.1, 0.15) is 5.56 Å². The van der Waals surface area contributed by atoms with E-state index in [1.165, 1.54) is 23.4 Å². The van der Waals surface area contributed by atoms with E-state index in [0.29, 0.717) is 12.4 Å². The molecular weight excluding hydrogens is 267 g/mol. The van der Waals surface area contributed by atoms with Crippen molar-refractivity contribution in [3.05, 3.63) is 59.9 Å². The Kier molecular flexibility index (Phi) is 4.36. The third-order valence-corrected chi connectivity index (χ3v) is 3.65. The van der Waals surface area contributed by atoms with Gasteiger partial charge in [-0.2, -0.15) is 0 Å². The number of anilines is 1. The molecule has 21 heavy (non-hydrogen) atoms. The van der Waals surface area contributed by atoms with Crippen LogP contribution >= 0.6 is 0 Å². The molecule has 3 nitrogen and oxygen atoms in total. The van der Waals surface area contributed by atoms with Gasteiger partial charge in [-0.05, 0) is 35.9 Å². The molecule has 0 atom stereocenters. The monoisotopic (exact) mass is 286 g/mol. The SMILES string of the molecule is Fc1ccc(OCCN2CCNCc3ccccc32)cc1. The lowest BCUT2D eigenvalue weighted by Gasteiger charge is -2.24. The zero-order valence-electron chi connectivity index (χ0n) is 11.9. The molecule has 0 spiro atoms. The third kappa shape index (κ3) is 3.52. The van der Waals surface area contributed by atoms with Crippen LogP contribution in [0.2, 0.25) is 0 Å². The summed E-state index contributed by atoms with van der Waals surface area (Å²) in [6.45, 7) is 4.23.